The van der Waals surface area contributed by atoms with Crippen LogP contribution in [-0.2, 0) is 4.74 Å². The van der Waals surface area contributed by atoms with Crippen LogP contribution in [0.15, 0.2) is 0 Å². The number of alkyl halides is 1. The van der Waals surface area contributed by atoms with Gasteiger partial charge in [-0.3, -0.25) is 4.90 Å². The normalized spacial score (nSPS) is 31.5. The SMILES string of the molecule is CC1CN(CC2(CBr)CCCCC2)CCO1. The van der Waals surface area contributed by atoms with Crippen molar-refractivity contribution in [1.29, 1.82) is 0 Å². The standard InChI is InChI=1S/C13H24BrNO/c1-12-9-15(7-8-16-12)11-13(10-14)5-3-2-4-6-13/h12H,2-11H2,1H3. The van der Waals surface area contributed by atoms with Crippen LogP contribution >= 0.6 is 15.9 Å². The van der Waals surface area contributed by atoms with E-state index in [9.17, 15) is 0 Å². The second kappa shape index (κ2) is 5.83. The number of hydrogen-bond acceptors (Lipinski definition) is 2. The highest BCUT2D eigenvalue weighted by Crippen LogP contribution is 2.38. The molecule has 2 nitrogen and oxygen atoms in total. The summed E-state index contributed by atoms with van der Waals surface area (Å²) >= 11 is 3.75. The van der Waals surface area contributed by atoms with Crippen LogP contribution in [0.3, 0.4) is 0 Å². The summed E-state index contributed by atoms with van der Waals surface area (Å²) in [5.74, 6) is 0. The molecule has 0 radical (unpaired) electrons. The van der Waals surface area contributed by atoms with Crippen LogP contribution in [0, 0.1) is 5.41 Å². The van der Waals surface area contributed by atoms with Gasteiger partial charge in [0.25, 0.3) is 0 Å². The first-order valence-corrected chi connectivity index (χ1v) is 7.76. The molecule has 3 heteroatoms. The molecular formula is C13H24BrNO. The highest BCUT2D eigenvalue weighted by atomic mass is 79.9. The van der Waals surface area contributed by atoms with Gasteiger partial charge >= 0.3 is 0 Å². The van der Waals surface area contributed by atoms with Gasteiger partial charge in [-0.1, -0.05) is 35.2 Å². The Hall–Kier alpha value is 0.400. The molecule has 0 aromatic heterocycles. The summed E-state index contributed by atoms with van der Waals surface area (Å²) in [7, 11) is 0. The first-order chi connectivity index (χ1) is 7.74. The first-order valence-electron chi connectivity index (χ1n) is 6.64. The van der Waals surface area contributed by atoms with E-state index >= 15 is 0 Å². The van der Waals surface area contributed by atoms with Crippen LogP contribution in [0.1, 0.15) is 39.0 Å². The molecule has 1 saturated heterocycles. The van der Waals surface area contributed by atoms with E-state index < -0.39 is 0 Å². The lowest BCUT2D eigenvalue weighted by Gasteiger charge is -2.42. The van der Waals surface area contributed by atoms with E-state index in [0.29, 0.717) is 11.5 Å². The minimum atomic E-state index is 0.421. The summed E-state index contributed by atoms with van der Waals surface area (Å²) in [5, 5.41) is 1.17. The van der Waals surface area contributed by atoms with Crippen LogP contribution in [0.25, 0.3) is 0 Å². The lowest BCUT2D eigenvalue weighted by molar-refractivity contribution is -0.0337. The molecule has 0 N–H and O–H groups in total. The fraction of sp³-hybridized carbons (Fsp3) is 1.00. The van der Waals surface area contributed by atoms with E-state index in [4.69, 9.17) is 4.74 Å². The van der Waals surface area contributed by atoms with Gasteiger partial charge in [0.2, 0.25) is 0 Å². The number of nitrogens with zero attached hydrogens (tertiary/aromatic N) is 1. The van der Waals surface area contributed by atoms with Gasteiger partial charge < -0.3 is 4.74 Å². The molecule has 16 heavy (non-hydrogen) atoms. The third-order valence-corrected chi connectivity index (χ3v) is 5.27. The third kappa shape index (κ3) is 3.21. The van der Waals surface area contributed by atoms with Crippen molar-refractivity contribution in [2.45, 2.75) is 45.1 Å². The van der Waals surface area contributed by atoms with Crippen molar-refractivity contribution in [3.05, 3.63) is 0 Å². The number of morpholine rings is 1. The van der Waals surface area contributed by atoms with Crippen LogP contribution in [0.4, 0.5) is 0 Å². The minimum absolute atomic E-state index is 0.421. The summed E-state index contributed by atoms with van der Waals surface area (Å²) in [6.45, 7) is 6.62. The van der Waals surface area contributed by atoms with Crippen molar-refractivity contribution in [3.63, 3.8) is 0 Å². The zero-order valence-corrected chi connectivity index (χ0v) is 12.0. The lowest BCUT2D eigenvalue weighted by atomic mass is 9.75. The van der Waals surface area contributed by atoms with Crippen LogP contribution in [0.5, 0.6) is 0 Å². The van der Waals surface area contributed by atoms with Gasteiger partial charge in [0.1, 0.15) is 0 Å². The predicted octanol–water partition coefficient (Wildman–Crippen LogP) is 3.05. The van der Waals surface area contributed by atoms with Gasteiger partial charge in [-0.05, 0) is 25.2 Å². The summed E-state index contributed by atoms with van der Waals surface area (Å²) in [4.78, 5) is 2.61. The van der Waals surface area contributed by atoms with E-state index in [0.717, 1.165) is 19.7 Å². The van der Waals surface area contributed by atoms with E-state index in [2.05, 4.69) is 27.8 Å². The third-order valence-electron chi connectivity index (χ3n) is 4.08. The van der Waals surface area contributed by atoms with Gasteiger partial charge in [0, 0.05) is 25.0 Å². The number of hydrogen-bond donors (Lipinski definition) is 0. The molecule has 94 valence electrons. The zero-order chi connectivity index (χ0) is 11.4. The largest absolute Gasteiger partial charge is 0.376 e. The van der Waals surface area contributed by atoms with Gasteiger partial charge in [-0.2, -0.15) is 0 Å². The number of ether oxygens (including phenoxy) is 1. The molecule has 2 aliphatic rings. The lowest BCUT2D eigenvalue weighted by Crippen LogP contribution is -2.47. The Morgan fingerprint density at radius 1 is 1.31 bits per heavy atom. The second-order valence-corrected chi connectivity index (χ2v) is 6.17. The molecule has 0 spiro atoms. The van der Waals surface area contributed by atoms with Gasteiger partial charge in [0.15, 0.2) is 0 Å². The minimum Gasteiger partial charge on any atom is -0.376 e. The van der Waals surface area contributed by atoms with E-state index in [1.54, 1.807) is 0 Å². The predicted molar refractivity (Wildman–Crippen MR) is 71.2 cm³/mol. The Kier molecular flexibility index (Phi) is 4.68. The van der Waals surface area contributed by atoms with Crippen molar-refractivity contribution in [3.8, 4) is 0 Å². The molecule has 1 atom stereocenters. The fourth-order valence-corrected chi connectivity index (χ4v) is 3.88. The van der Waals surface area contributed by atoms with Crippen LogP contribution in [-0.4, -0.2) is 42.6 Å². The maximum Gasteiger partial charge on any atom is 0.0674 e. The Morgan fingerprint density at radius 3 is 2.69 bits per heavy atom. The monoisotopic (exact) mass is 289 g/mol. The fourth-order valence-electron chi connectivity index (χ4n) is 3.14. The van der Waals surface area contributed by atoms with Crippen molar-refractivity contribution in [2.24, 2.45) is 5.41 Å². The van der Waals surface area contributed by atoms with Crippen molar-refractivity contribution < 1.29 is 4.74 Å². The maximum atomic E-state index is 5.61. The van der Waals surface area contributed by atoms with Gasteiger partial charge in [0.05, 0.1) is 12.7 Å². The molecule has 0 bridgehead atoms. The van der Waals surface area contributed by atoms with E-state index in [1.165, 1.54) is 44.0 Å². The summed E-state index contributed by atoms with van der Waals surface area (Å²) < 4.78 is 5.61. The smallest absolute Gasteiger partial charge is 0.0674 e. The average molecular weight is 290 g/mol. The molecule has 1 aliphatic carbocycles. The maximum absolute atomic E-state index is 5.61. The van der Waals surface area contributed by atoms with E-state index in [1.807, 2.05) is 0 Å². The highest BCUT2D eigenvalue weighted by molar-refractivity contribution is 9.09. The number of rotatable bonds is 3. The van der Waals surface area contributed by atoms with Crippen LogP contribution in [0.2, 0.25) is 0 Å². The molecule has 1 saturated carbocycles. The molecule has 1 unspecified atom stereocenters. The van der Waals surface area contributed by atoms with Crippen molar-refractivity contribution in [2.75, 3.05) is 31.6 Å². The summed E-state index contributed by atoms with van der Waals surface area (Å²) in [6.07, 6.45) is 7.52. The molecule has 1 heterocycles. The van der Waals surface area contributed by atoms with Crippen molar-refractivity contribution >= 4 is 15.9 Å². The summed E-state index contributed by atoms with van der Waals surface area (Å²) in [5.41, 5.74) is 0.551. The first kappa shape index (κ1) is 12.8. The summed E-state index contributed by atoms with van der Waals surface area (Å²) in [6, 6.07) is 0. The Bertz CT molecular complexity index is 216. The molecular weight excluding hydrogens is 266 g/mol. The topological polar surface area (TPSA) is 12.5 Å². The molecule has 2 rings (SSSR count). The van der Waals surface area contributed by atoms with Gasteiger partial charge in [-0.15, -0.1) is 0 Å². The molecule has 0 amide bonds. The Morgan fingerprint density at radius 2 is 2.06 bits per heavy atom. The molecule has 1 aliphatic heterocycles. The highest BCUT2D eigenvalue weighted by Gasteiger charge is 2.33. The molecule has 0 aromatic carbocycles. The van der Waals surface area contributed by atoms with Crippen molar-refractivity contribution in [1.82, 2.24) is 4.90 Å². The quantitative estimate of drug-likeness (QED) is 0.741. The Labute approximate surface area is 108 Å². The second-order valence-electron chi connectivity index (χ2n) is 5.61. The Balaban J connectivity index is 1.89. The molecule has 0 aromatic rings. The van der Waals surface area contributed by atoms with Crippen LogP contribution < -0.4 is 0 Å². The van der Waals surface area contributed by atoms with E-state index in [-0.39, 0.29) is 0 Å². The van der Waals surface area contributed by atoms with Gasteiger partial charge in [-0.25, -0.2) is 0 Å². The molecule has 2 fully saturated rings. The zero-order valence-electron chi connectivity index (χ0n) is 10.4. The average Bonchev–Trinajstić information content (AvgIpc) is 2.30. The number of halogens is 1.